The van der Waals surface area contributed by atoms with E-state index in [9.17, 15) is 18.3 Å². The van der Waals surface area contributed by atoms with Crippen LogP contribution in [0.2, 0.25) is 5.02 Å². The van der Waals surface area contributed by atoms with Crippen molar-refractivity contribution in [1.29, 1.82) is 0 Å². The standard InChI is InChI=1S/C17H19ClF3N3O/c18-13-3-1-11(2-4-13)14-9-15(23-22-14)12-5-7-24(8-6-12)10-16(25)17(19,20)21/h1-4,9,12,16,25H,5-8,10H2,(H,22,23). The topological polar surface area (TPSA) is 52.1 Å². The first-order valence-corrected chi connectivity index (χ1v) is 8.49. The number of benzene rings is 1. The molecule has 1 fully saturated rings. The Labute approximate surface area is 148 Å². The number of H-pyrrole nitrogens is 1. The maximum atomic E-state index is 12.4. The van der Waals surface area contributed by atoms with Crippen molar-refractivity contribution in [2.24, 2.45) is 0 Å². The third kappa shape index (κ3) is 4.54. The normalized spacial score (nSPS) is 18.4. The van der Waals surface area contributed by atoms with Crippen LogP contribution in [0.5, 0.6) is 0 Å². The van der Waals surface area contributed by atoms with Gasteiger partial charge >= 0.3 is 6.18 Å². The van der Waals surface area contributed by atoms with Crippen LogP contribution in [0, 0.1) is 0 Å². The minimum absolute atomic E-state index is 0.229. The highest BCUT2D eigenvalue weighted by molar-refractivity contribution is 6.30. The van der Waals surface area contributed by atoms with Gasteiger partial charge in [-0.3, -0.25) is 5.10 Å². The molecule has 1 aromatic heterocycles. The molecular weight excluding hydrogens is 355 g/mol. The van der Waals surface area contributed by atoms with E-state index in [4.69, 9.17) is 11.6 Å². The predicted octanol–water partition coefficient (Wildman–Crippen LogP) is 3.83. The lowest BCUT2D eigenvalue weighted by Crippen LogP contribution is -2.44. The number of likely N-dealkylation sites (tertiary alicyclic amines) is 1. The molecule has 4 nitrogen and oxygen atoms in total. The Morgan fingerprint density at radius 1 is 1.24 bits per heavy atom. The molecule has 1 unspecified atom stereocenters. The van der Waals surface area contributed by atoms with Crippen LogP contribution in [0.1, 0.15) is 24.5 Å². The molecule has 136 valence electrons. The molecule has 1 atom stereocenters. The van der Waals surface area contributed by atoms with Gasteiger partial charge in [0.25, 0.3) is 0 Å². The Balaban J connectivity index is 1.58. The average Bonchev–Trinajstić information content (AvgIpc) is 3.05. The number of aromatic nitrogens is 2. The summed E-state index contributed by atoms with van der Waals surface area (Å²) in [6, 6.07) is 9.37. The van der Waals surface area contributed by atoms with Crippen LogP contribution in [0.25, 0.3) is 11.3 Å². The molecule has 25 heavy (non-hydrogen) atoms. The van der Waals surface area contributed by atoms with Gasteiger partial charge < -0.3 is 10.0 Å². The highest BCUT2D eigenvalue weighted by atomic mass is 35.5. The van der Waals surface area contributed by atoms with E-state index in [0.29, 0.717) is 18.1 Å². The lowest BCUT2D eigenvalue weighted by molar-refractivity contribution is -0.208. The van der Waals surface area contributed by atoms with Crippen molar-refractivity contribution >= 4 is 11.6 Å². The zero-order valence-corrected chi connectivity index (χ0v) is 14.2. The molecule has 0 radical (unpaired) electrons. The summed E-state index contributed by atoms with van der Waals surface area (Å²) in [4.78, 5) is 1.66. The zero-order valence-electron chi connectivity index (χ0n) is 13.4. The Hall–Kier alpha value is -1.57. The number of halogens is 4. The van der Waals surface area contributed by atoms with E-state index in [1.54, 1.807) is 17.0 Å². The van der Waals surface area contributed by atoms with Crippen molar-refractivity contribution in [3.05, 3.63) is 41.0 Å². The van der Waals surface area contributed by atoms with E-state index in [1.807, 2.05) is 18.2 Å². The molecule has 3 rings (SSSR count). The minimum atomic E-state index is -4.56. The van der Waals surface area contributed by atoms with E-state index < -0.39 is 12.3 Å². The molecule has 0 saturated carbocycles. The van der Waals surface area contributed by atoms with E-state index in [0.717, 1.165) is 29.8 Å². The Kier molecular flexibility index (Phi) is 5.36. The summed E-state index contributed by atoms with van der Waals surface area (Å²) in [5.74, 6) is 0.229. The van der Waals surface area contributed by atoms with Gasteiger partial charge in [-0.2, -0.15) is 18.3 Å². The predicted molar refractivity (Wildman–Crippen MR) is 89.5 cm³/mol. The lowest BCUT2D eigenvalue weighted by Gasteiger charge is -2.33. The van der Waals surface area contributed by atoms with Gasteiger partial charge in [-0.1, -0.05) is 23.7 Å². The number of rotatable bonds is 4. The minimum Gasteiger partial charge on any atom is -0.382 e. The second kappa shape index (κ2) is 7.35. The summed E-state index contributed by atoms with van der Waals surface area (Å²) >= 11 is 5.88. The van der Waals surface area contributed by atoms with Crippen LogP contribution < -0.4 is 0 Å². The molecule has 2 aromatic rings. The first kappa shape index (κ1) is 18.2. The molecule has 2 heterocycles. The molecular formula is C17H19ClF3N3O. The number of β-amino-alcohol motifs (C(OH)–C–C–N with tert-alkyl or cyclic N) is 1. The molecule has 1 aliphatic heterocycles. The van der Waals surface area contributed by atoms with E-state index in [2.05, 4.69) is 10.2 Å². The number of alkyl halides is 3. The SMILES string of the molecule is OC(CN1CCC(c2cc(-c3ccc(Cl)cc3)n[nH]2)CC1)C(F)(F)F. The Bertz CT molecular complexity index is 694. The number of aromatic amines is 1. The van der Waals surface area contributed by atoms with Gasteiger partial charge in [-0.25, -0.2) is 0 Å². The van der Waals surface area contributed by atoms with Crippen LogP contribution >= 0.6 is 11.6 Å². The summed E-state index contributed by atoms with van der Waals surface area (Å²) in [7, 11) is 0. The fourth-order valence-corrected chi connectivity index (χ4v) is 3.21. The first-order chi connectivity index (χ1) is 11.8. The lowest BCUT2D eigenvalue weighted by atomic mass is 9.93. The highest BCUT2D eigenvalue weighted by Gasteiger charge is 2.39. The third-order valence-electron chi connectivity index (χ3n) is 4.57. The van der Waals surface area contributed by atoms with Crippen molar-refractivity contribution in [1.82, 2.24) is 15.1 Å². The van der Waals surface area contributed by atoms with E-state index in [1.165, 1.54) is 0 Å². The summed E-state index contributed by atoms with van der Waals surface area (Å²) in [6.07, 6.45) is -5.39. The maximum absolute atomic E-state index is 12.4. The molecule has 1 aliphatic rings. The second-order valence-electron chi connectivity index (χ2n) is 6.35. The second-order valence-corrected chi connectivity index (χ2v) is 6.78. The number of aliphatic hydroxyl groups excluding tert-OH is 1. The molecule has 1 saturated heterocycles. The molecule has 1 aromatic carbocycles. The number of hydrogen-bond acceptors (Lipinski definition) is 3. The molecule has 0 spiro atoms. The Morgan fingerprint density at radius 2 is 1.88 bits per heavy atom. The number of aliphatic hydroxyl groups is 1. The fourth-order valence-electron chi connectivity index (χ4n) is 3.09. The summed E-state index contributed by atoms with van der Waals surface area (Å²) < 4.78 is 37.3. The summed E-state index contributed by atoms with van der Waals surface area (Å²) in [6.45, 7) is 0.676. The van der Waals surface area contributed by atoms with Crippen molar-refractivity contribution in [2.45, 2.75) is 31.0 Å². The maximum Gasteiger partial charge on any atom is 0.415 e. The van der Waals surface area contributed by atoms with Gasteiger partial charge in [-0.05, 0) is 44.1 Å². The van der Waals surface area contributed by atoms with Crippen LogP contribution in [0.15, 0.2) is 30.3 Å². The largest absolute Gasteiger partial charge is 0.415 e. The smallest absolute Gasteiger partial charge is 0.382 e. The van der Waals surface area contributed by atoms with Crippen molar-refractivity contribution in [2.75, 3.05) is 19.6 Å². The fraction of sp³-hybridized carbons (Fsp3) is 0.471. The van der Waals surface area contributed by atoms with E-state index in [-0.39, 0.29) is 12.5 Å². The number of piperidine rings is 1. The number of hydrogen-bond donors (Lipinski definition) is 2. The average molecular weight is 374 g/mol. The van der Waals surface area contributed by atoms with Crippen molar-refractivity contribution in [3.63, 3.8) is 0 Å². The van der Waals surface area contributed by atoms with Crippen LogP contribution in [-0.4, -0.2) is 52.1 Å². The third-order valence-corrected chi connectivity index (χ3v) is 4.83. The van der Waals surface area contributed by atoms with Gasteiger partial charge in [0.1, 0.15) is 0 Å². The highest BCUT2D eigenvalue weighted by Crippen LogP contribution is 2.30. The monoisotopic (exact) mass is 373 g/mol. The van der Waals surface area contributed by atoms with Crippen LogP contribution in [0.3, 0.4) is 0 Å². The Morgan fingerprint density at radius 3 is 2.48 bits per heavy atom. The van der Waals surface area contributed by atoms with Gasteiger partial charge in [0.05, 0.1) is 5.69 Å². The van der Waals surface area contributed by atoms with Crippen molar-refractivity contribution < 1.29 is 18.3 Å². The number of nitrogens with one attached hydrogen (secondary N) is 1. The zero-order chi connectivity index (χ0) is 18.0. The van der Waals surface area contributed by atoms with Gasteiger partial charge in [0, 0.05) is 28.7 Å². The molecule has 8 heteroatoms. The molecule has 0 amide bonds. The van der Waals surface area contributed by atoms with Gasteiger partial charge in [0.15, 0.2) is 6.10 Å². The molecule has 0 bridgehead atoms. The quantitative estimate of drug-likeness (QED) is 0.856. The van der Waals surface area contributed by atoms with Crippen LogP contribution in [-0.2, 0) is 0 Å². The molecule has 0 aliphatic carbocycles. The first-order valence-electron chi connectivity index (χ1n) is 8.11. The van der Waals surface area contributed by atoms with Crippen LogP contribution in [0.4, 0.5) is 13.2 Å². The van der Waals surface area contributed by atoms with Gasteiger partial charge in [-0.15, -0.1) is 0 Å². The van der Waals surface area contributed by atoms with E-state index >= 15 is 0 Å². The van der Waals surface area contributed by atoms with Crippen molar-refractivity contribution in [3.8, 4) is 11.3 Å². The summed E-state index contributed by atoms with van der Waals surface area (Å²) in [5, 5.41) is 17.2. The summed E-state index contributed by atoms with van der Waals surface area (Å²) in [5.41, 5.74) is 2.76. The molecule has 2 N–H and O–H groups in total. The number of nitrogens with zero attached hydrogens (tertiary/aromatic N) is 2. The van der Waals surface area contributed by atoms with Gasteiger partial charge in [0.2, 0.25) is 0 Å².